The van der Waals surface area contributed by atoms with Gasteiger partial charge in [0, 0.05) is 0 Å². The second-order valence-corrected chi connectivity index (χ2v) is 5.22. The quantitative estimate of drug-likeness (QED) is 0.827. The molecule has 0 amide bonds. The molecule has 0 radical (unpaired) electrons. The zero-order valence-electron chi connectivity index (χ0n) is 8.68. The van der Waals surface area contributed by atoms with E-state index in [1.165, 1.54) is 11.3 Å². The molecule has 1 saturated heterocycles. The van der Waals surface area contributed by atoms with Gasteiger partial charge in [-0.15, -0.1) is 11.3 Å². The molecule has 2 rings (SSSR count). The van der Waals surface area contributed by atoms with E-state index in [1.54, 1.807) is 6.07 Å². The van der Waals surface area contributed by atoms with Crippen LogP contribution in [0.4, 0.5) is 0 Å². The Morgan fingerprint density at radius 2 is 2.53 bits per heavy atom. The summed E-state index contributed by atoms with van der Waals surface area (Å²) in [5.41, 5.74) is -0.353. The Hall–Kier alpha value is -0.380. The number of carbonyl (C=O) groups excluding carboxylic acids is 1. The maximum absolute atomic E-state index is 12.3. The third-order valence-corrected chi connectivity index (χ3v) is 4.45. The monoisotopic (exact) mass is 243 g/mol. The van der Waals surface area contributed by atoms with Crippen LogP contribution in [0.1, 0.15) is 35.9 Å². The topological polar surface area (TPSA) is 29.1 Å². The molecule has 15 heavy (non-hydrogen) atoms. The summed E-state index contributed by atoms with van der Waals surface area (Å²) >= 11 is 7.43. The molecular weight excluding hydrogens is 230 g/mol. The SMILES string of the molecule is CCC1(C(=O)c2sccc2Cl)CCCN1. The van der Waals surface area contributed by atoms with Crippen LogP contribution in [0.2, 0.25) is 5.02 Å². The van der Waals surface area contributed by atoms with E-state index in [0.29, 0.717) is 9.90 Å². The fourth-order valence-electron chi connectivity index (χ4n) is 2.14. The van der Waals surface area contributed by atoms with Crippen molar-refractivity contribution in [2.24, 2.45) is 0 Å². The van der Waals surface area contributed by atoms with Gasteiger partial charge in [0.1, 0.15) is 0 Å². The normalized spacial score (nSPS) is 25.7. The van der Waals surface area contributed by atoms with Crippen LogP contribution in [-0.4, -0.2) is 17.9 Å². The average molecular weight is 244 g/mol. The van der Waals surface area contributed by atoms with Gasteiger partial charge in [0.05, 0.1) is 15.4 Å². The third-order valence-electron chi connectivity index (χ3n) is 3.11. The molecule has 2 nitrogen and oxygen atoms in total. The van der Waals surface area contributed by atoms with Gasteiger partial charge in [-0.1, -0.05) is 18.5 Å². The van der Waals surface area contributed by atoms with Crippen molar-refractivity contribution < 1.29 is 4.79 Å². The Balaban J connectivity index is 2.30. The second kappa shape index (κ2) is 4.24. The predicted octanol–water partition coefficient (Wildman–Crippen LogP) is 3.12. The van der Waals surface area contributed by atoms with Gasteiger partial charge in [-0.25, -0.2) is 0 Å². The first-order valence-corrected chi connectivity index (χ1v) is 6.48. The molecule has 2 heterocycles. The maximum atomic E-state index is 12.3. The number of rotatable bonds is 3. The molecular formula is C11H14ClNOS. The second-order valence-electron chi connectivity index (χ2n) is 3.89. The highest BCUT2D eigenvalue weighted by Crippen LogP contribution is 2.32. The van der Waals surface area contributed by atoms with Gasteiger partial charge < -0.3 is 5.32 Å². The van der Waals surface area contributed by atoms with E-state index in [0.717, 1.165) is 25.8 Å². The highest BCUT2D eigenvalue weighted by atomic mass is 35.5. The summed E-state index contributed by atoms with van der Waals surface area (Å²) in [7, 11) is 0. The molecule has 4 heteroatoms. The van der Waals surface area contributed by atoms with E-state index in [-0.39, 0.29) is 11.3 Å². The van der Waals surface area contributed by atoms with Gasteiger partial charge in [-0.05, 0) is 37.3 Å². The predicted molar refractivity (Wildman–Crippen MR) is 63.9 cm³/mol. The maximum Gasteiger partial charge on any atom is 0.194 e. The highest BCUT2D eigenvalue weighted by molar-refractivity contribution is 7.12. The fraction of sp³-hybridized carbons (Fsp3) is 0.545. The van der Waals surface area contributed by atoms with E-state index >= 15 is 0 Å². The van der Waals surface area contributed by atoms with Crippen molar-refractivity contribution in [2.45, 2.75) is 31.7 Å². The lowest BCUT2D eigenvalue weighted by atomic mass is 9.88. The van der Waals surface area contributed by atoms with E-state index in [1.807, 2.05) is 5.38 Å². The molecule has 0 aliphatic carbocycles. The molecule has 0 spiro atoms. The lowest BCUT2D eigenvalue weighted by Crippen LogP contribution is -2.46. The van der Waals surface area contributed by atoms with Crippen LogP contribution in [0.3, 0.4) is 0 Å². The number of ketones is 1. The average Bonchev–Trinajstić information content (AvgIpc) is 2.86. The molecule has 1 aromatic rings. The molecule has 1 aliphatic rings. The number of hydrogen-bond acceptors (Lipinski definition) is 3. The Labute approximate surface area is 98.6 Å². The van der Waals surface area contributed by atoms with Gasteiger partial charge in [0.15, 0.2) is 5.78 Å². The Morgan fingerprint density at radius 1 is 1.73 bits per heavy atom. The lowest BCUT2D eigenvalue weighted by molar-refractivity contribution is 0.0868. The molecule has 1 fully saturated rings. The number of Topliss-reactive ketones (excluding diaryl/α,β-unsaturated/α-hetero) is 1. The van der Waals surface area contributed by atoms with Crippen molar-refractivity contribution in [3.8, 4) is 0 Å². The molecule has 0 saturated carbocycles. The van der Waals surface area contributed by atoms with Gasteiger partial charge in [-0.3, -0.25) is 4.79 Å². The zero-order chi connectivity index (χ0) is 10.9. The minimum Gasteiger partial charge on any atom is -0.305 e. The van der Waals surface area contributed by atoms with Crippen molar-refractivity contribution in [3.05, 3.63) is 21.3 Å². The molecule has 0 aromatic carbocycles. The van der Waals surface area contributed by atoms with E-state index in [9.17, 15) is 4.79 Å². The number of thiophene rings is 1. The van der Waals surface area contributed by atoms with Crippen molar-refractivity contribution in [2.75, 3.05) is 6.54 Å². The summed E-state index contributed by atoms with van der Waals surface area (Å²) < 4.78 is 0. The summed E-state index contributed by atoms with van der Waals surface area (Å²) in [6.07, 6.45) is 2.83. The molecule has 1 unspecified atom stereocenters. The Bertz CT molecular complexity index is 368. The summed E-state index contributed by atoms with van der Waals surface area (Å²) in [6, 6.07) is 1.79. The van der Waals surface area contributed by atoms with Crippen molar-refractivity contribution in [3.63, 3.8) is 0 Å². The number of halogens is 1. The number of carbonyl (C=O) groups is 1. The first-order valence-electron chi connectivity index (χ1n) is 5.22. The number of hydrogen-bond donors (Lipinski definition) is 1. The molecule has 0 bridgehead atoms. The van der Waals surface area contributed by atoms with Gasteiger partial charge in [0.2, 0.25) is 0 Å². The molecule has 1 aromatic heterocycles. The van der Waals surface area contributed by atoms with Crippen LogP contribution in [0.5, 0.6) is 0 Å². The summed E-state index contributed by atoms with van der Waals surface area (Å²) in [5.74, 6) is 0.169. The summed E-state index contributed by atoms with van der Waals surface area (Å²) in [4.78, 5) is 13.0. The summed E-state index contributed by atoms with van der Waals surface area (Å²) in [5, 5.41) is 5.79. The molecule has 1 aliphatic heterocycles. The fourth-order valence-corrected chi connectivity index (χ4v) is 3.32. The van der Waals surface area contributed by atoms with Crippen molar-refractivity contribution >= 4 is 28.7 Å². The Kier molecular flexibility index (Phi) is 3.14. The summed E-state index contributed by atoms with van der Waals surface area (Å²) in [6.45, 7) is 2.99. The van der Waals surface area contributed by atoms with Gasteiger partial charge >= 0.3 is 0 Å². The van der Waals surface area contributed by atoms with E-state index in [4.69, 9.17) is 11.6 Å². The van der Waals surface area contributed by atoms with E-state index < -0.39 is 0 Å². The third kappa shape index (κ3) is 1.84. The molecule has 82 valence electrons. The van der Waals surface area contributed by atoms with Crippen LogP contribution >= 0.6 is 22.9 Å². The van der Waals surface area contributed by atoms with Crippen molar-refractivity contribution in [1.82, 2.24) is 5.32 Å². The number of nitrogens with one attached hydrogen (secondary N) is 1. The van der Waals surface area contributed by atoms with E-state index in [2.05, 4.69) is 12.2 Å². The van der Waals surface area contributed by atoms with Gasteiger partial charge in [-0.2, -0.15) is 0 Å². The molecule has 1 N–H and O–H groups in total. The standard InChI is InChI=1S/C11H14ClNOS/c1-2-11(5-3-6-13-11)10(14)9-8(12)4-7-15-9/h4,7,13H,2-3,5-6H2,1H3. The minimum absolute atomic E-state index is 0.169. The minimum atomic E-state index is -0.353. The van der Waals surface area contributed by atoms with Crippen LogP contribution in [0.15, 0.2) is 11.4 Å². The largest absolute Gasteiger partial charge is 0.305 e. The van der Waals surface area contributed by atoms with Gasteiger partial charge in [0.25, 0.3) is 0 Å². The lowest BCUT2D eigenvalue weighted by Gasteiger charge is -2.25. The zero-order valence-corrected chi connectivity index (χ0v) is 10.3. The first kappa shape index (κ1) is 11.1. The van der Waals surface area contributed by atoms with Crippen LogP contribution in [0, 0.1) is 0 Å². The van der Waals surface area contributed by atoms with Crippen molar-refractivity contribution in [1.29, 1.82) is 0 Å². The van der Waals surface area contributed by atoms with Crippen LogP contribution in [-0.2, 0) is 0 Å². The molecule has 1 atom stereocenters. The highest BCUT2D eigenvalue weighted by Gasteiger charge is 2.40. The smallest absolute Gasteiger partial charge is 0.194 e. The van der Waals surface area contributed by atoms with Crippen LogP contribution in [0.25, 0.3) is 0 Å². The first-order chi connectivity index (χ1) is 7.19. The van der Waals surface area contributed by atoms with Crippen LogP contribution < -0.4 is 5.32 Å². The Morgan fingerprint density at radius 3 is 3.00 bits per heavy atom.